The zero-order valence-corrected chi connectivity index (χ0v) is 11.8. The molecule has 106 valence electrons. The number of aliphatic hydroxyl groups is 1. The predicted molar refractivity (Wildman–Crippen MR) is 76.2 cm³/mol. The van der Waals surface area contributed by atoms with Crippen molar-refractivity contribution in [2.75, 3.05) is 13.2 Å². The fourth-order valence-corrected chi connectivity index (χ4v) is 2.70. The summed E-state index contributed by atoms with van der Waals surface area (Å²) in [5.74, 6) is 0. The molecule has 0 saturated carbocycles. The molecule has 0 saturated heterocycles. The van der Waals surface area contributed by atoms with E-state index in [0.717, 1.165) is 37.9 Å². The van der Waals surface area contributed by atoms with Gasteiger partial charge in [0.1, 0.15) is 0 Å². The van der Waals surface area contributed by atoms with Gasteiger partial charge in [-0.15, -0.1) is 0 Å². The summed E-state index contributed by atoms with van der Waals surface area (Å²) in [6.07, 6.45) is 3.97. The lowest BCUT2D eigenvalue weighted by Gasteiger charge is -2.31. The van der Waals surface area contributed by atoms with Crippen LogP contribution in [0.2, 0.25) is 0 Å². The number of hydrogen-bond acceptors (Lipinski definition) is 3. The van der Waals surface area contributed by atoms with Crippen LogP contribution < -0.4 is 10.9 Å². The lowest BCUT2D eigenvalue weighted by atomic mass is 9.87. The third-order valence-corrected chi connectivity index (χ3v) is 3.95. The first kappa shape index (κ1) is 14.3. The van der Waals surface area contributed by atoms with E-state index in [2.05, 4.69) is 24.1 Å². The Balaban J connectivity index is 2.06. The number of rotatable bonds is 5. The molecule has 1 heterocycles. The highest BCUT2D eigenvalue weighted by molar-refractivity contribution is 5.26. The zero-order chi connectivity index (χ0) is 13.9. The van der Waals surface area contributed by atoms with Crippen LogP contribution in [0.25, 0.3) is 0 Å². The van der Waals surface area contributed by atoms with Crippen LogP contribution in [0.5, 0.6) is 0 Å². The normalized spacial score (nSPS) is 19.2. The molecule has 0 fully saturated rings. The summed E-state index contributed by atoms with van der Waals surface area (Å²) < 4.78 is 0. The van der Waals surface area contributed by atoms with Gasteiger partial charge in [0, 0.05) is 31.0 Å². The van der Waals surface area contributed by atoms with Gasteiger partial charge in [-0.05, 0) is 36.7 Å². The average molecular weight is 264 g/mol. The van der Waals surface area contributed by atoms with E-state index in [4.69, 9.17) is 5.11 Å². The van der Waals surface area contributed by atoms with E-state index in [-0.39, 0.29) is 17.6 Å². The predicted octanol–water partition coefficient (Wildman–Crippen LogP) is 1.75. The number of aryl methyl sites for hydroxylation is 1. The summed E-state index contributed by atoms with van der Waals surface area (Å²) in [5.41, 5.74) is 2.39. The Kier molecular flexibility index (Phi) is 4.42. The van der Waals surface area contributed by atoms with Gasteiger partial charge in [0.15, 0.2) is 0 Å². The van der Waals surface area contributed by atoms with Gasteiger partial charge < -0.3 is 15.4 Å². The molecular weight excluding hydrogens is 240 g/mol. The number of aromatic nitrogens is 1. The topological polar surface area (TPSA) is 65.1 Å². The highest BCUT2D eigenvalue weighted by Crippen LogP contribution is 2.29. The molecule has 1 aromatic heterocycles. The first-order valence-electron chi connectivity index (χ1n) is 7.08. The monoisotopic (exact) mass is 264 g/mol. The summed E-state index contributed by atoms with van der Waals surface area (Å²) >= 11 is 0. The molecule has 3 N–H and O–H groups in total. The Morgan fingerprint density at radius 2 is 2.26 bits per heavy atom. The fraction of sp³-hybridized carbons (Fsp3) is 0.667. The van der Waals surface area contributed by atoms with Gasteiger partial charge in [0.25, 0.3) is 0 Å². The lowest BCUT2D eigenvalue weighted by Crippen LogP contribution is -2.35. The third-order valence-electron chi connectivity index (χ3n) is 3.95. The molecule has 19 heavy (non-hydrogen) atoms. The molecule has 0 amide bonds. The van der Waals surface area contributed by atoms with Crippen molar-refractivity contribution in [1.29, 1.82) is 0 Å². The van der Waals surface area contributed by atoms with E-state index in [1.54, 1.807) is 6.07 Å². The molecule has 0 bridgehead atoms. The van der Waals surface area contributed by atoms with Gasteiger partial charge in [0.05, 0.1) is 0 Å². The molecule has 1 unspecified atom stereocenters. The van der Waals surface area contributed by atoms with Crippen molar-refractivity contribution in [2.24, 2.45) is 5.41 Å². The molecule has 0 spiro atoms. The van der Waals surface area contributed by atoms with Crippen molar-refractivity contribution in [3.8, 4) is 0 Å². The second-order valence-electron chi connectivity index (χ2n) is 6.22. The maximum absolute atomic E-state index is 11.3. The van der Waals surface area contributed by atoms with Gasteiger partial charge in [0.2, 0.25) is 5.56 Å². The number of nitrogens with one attached hydrogen (secondary N) is 2. The highest BCUT2D eigenvalue weighted by Gasteiger charge is 2.23. The van der Waals surface area contributed by atoms with Crippen molar-refractivity contribution in [1.82, 2.24) is 10.3 Å². The van der Waals surface area contributed by atoms with E-state index in [1.165, 1.54) is 5.56 Å². The number of fused-ring (bicyclic) bond motifs is 1. The Bertz CT molecular complexity index is 479. The molecule has 0 radical (unpaired) electrons. The molecule has 1 atom stereocenters. The van der Waals surface area contributed by atoms with Crippen LogP contribution in [0.1, 0.15) is 50.4 Å². The summed E-state index contributed by atoms with van der Waals surface area (Å²) in [5, 5.41) is 12.6. The highest BCUT2D eigenvalue weighted by atomic mass is 16.3. The van der Waals surface area contributed by atoms with Crippen LogP contribution in [-0.4, -0.2) is 23.2 Å². The van der Waals surface area contributed by atoms with Gasteiger partial charge >= 0.3 is 0 Å². The van der Waals surface area contributed by atoms with E-state index in [9.17, 15) is 4.79 Å². The molecular formula is C15H24N2O2. The van der Waals surface area contributed by atoms with E-state index in [1.807, 2.05) is 6.07 Å². The summed E-state index contributed by atoms with van der Waals surface area (Å²) in [4.78, 5) is 14.3. The first-order chi connectivity index (χ1) is 9.02. The number of aliphatic hydroxyl groups excluding tert-OH is 1. The fourth-order valence-electron chi connectivity index (χ4n) is 2.70. The van der Waals surface area contributed by atoms with E-state index < -0.39 is 0 Å². The minimum Gasteiger partial charge on any atom is -0.396 e. The van der Waals surface area contributed by atoms with E-state index in [0.29, 0.717) is 6.04 Å². The molecule has 2 rings (SSSR count). The third kappa shape index (κ3) is 3.67. The Morgan fingerprint density at radius 3 is 3.00 bits per heavy atom. The maximum Gasteiger partial charge on any atom is 0.248 e. The molecule has 4 nitrogen and oxygen atoms in total. The molecule has 1 aliphatic rings. The SMILES string of the molecule is CC(C)(CCO)CNC1CCCc2[nH]c(=O)ccc21. The molecule has 0 aliphatic heterocycles. The lowest BCUT2D eigenvalue weighted by molar-refractivity contribution is 0.201. The largest absolute Gasteiger partial charge is 0.396 e. The molecule has 4 heteroatoms. The van der Waals surface area contributed by atoms with Gasteiger partial charge in [-0.1, -0.05) is 19.9 Å². The second-order valence-corrected chi connectivity index (χ2v) is 6.22. The number of hydrogen-bond donors (Lipinski definition) is 3. The smallest absolute Gasteiger partial charge is 0.248 e. The van der Waals surface area contributed by atoms with Crippen LogP contribution in [0.4, 0.5) is 0 Å². The Hall–Kier alpha value is -1.13. The van der Waals surface area contributed by atoms with Crippen LogP contribution in [0.3, 0.4) is 0 Å². The molecule has 1 aliphatic carbocycles. The van der Waals surface area contributed by atoms with E-state index >= 15 is 0 Å². The van der Waals surface area contributed by atoms with Crippen molar-refractivity contribution in [3.63, 3.8) is 0 Å². The standard InChI is InChI=1S/C15H24N2O2/c1-15(2,8-9-18)10-16-12-4-3-5-13-11(12)6-7-14(19)17-13/h6-7,12,16,18H,3-5,8-10H2,1-2H3,(H,17,19). The minimum absolute atomic E-state index is 0.0139. The van der Waals surface area contributed by atoms with Crippen LogP contribution in [0.15, 0.2) is 16.9 Å². The summed E-state index contributed by atoms with van der Waals surface area (Å²) in [7, 11) is 0. The minimum atomic E-state index is -0.0139. The van der Waals surface area contributed by atoms with Crippen molar-refractivity contribution >= 4 is 0 Å². The number of aromatic amines is 1. The van der Waals surface area contributed by atoms with Gasteiger partial charge in [-0.3, -0.25) is 4.79 Å². The average Bonchev–Trinajstić information content (AvgIpc) is 2.36. The second kappa shape index (κ2) is 5.88. The number of pyridine rings is 1. The summed E-state index contributed by atoms with van der Waals surface area (Å²) in [6, 6.07) is 3.88. The maximum atomic E-state index is 11.3. The molecule has 1 aromatic rings. The molecule has 0 aromatic carbocycles. The van der Waals surface area contributed by atoms with Gasteiger partial charge in [-0.25, -0.2) is 0 Å². The summed E-state index contributed by atoms with van der Waals surface area (Å²) in [6.45, 7) is 5.42. The first-order valence-corrected chi connectivity index (χ1v) is 7.08. The van der Waals surface area contributed by atoms with Crippen molar-refractivity contribution in [2.45, 2.75) is 45.6 Å². The Labute approximate surface area is 114 Å². The van der Waals surface area contributed by atoms with Crippen molar-refractivity contribution < 1.29 is 5.11 Å². The quantitative estimate of drug-likeness (QED) is 0.759. The van der Waals surface area contributed by atoms with Crippen molar-refractivity contribution in [3.05, 3.63) is 33.7 Å². The van der Waals surface area contributed by atoms with Gasteiger partial charge in [-0.2, -0.15) is 0 Å². The van der Waals surface area contributed by atoms with Crippen LogP contribution >= 0.6 is 0 Å². The van der Waals surface area contributed by atoms with Crippen LogP contribution in [-0.2, 0) is 6.42 Å². The Morgan fingerprint density at radius 1 is 1.47 bits per heavy atom. The number of H-pyrrole nitrogens is 1. The zero-order valence-electron chi connectivity index (χ0n) is 11.8. The van der Waals surface area contributed by atoms with Crippen LogP contribution in [0, 0.1) is 5.41 Å².